The lowest BCUT2D eigenvalue weighted by atomic mass is 9.95. The second kappa shape index (κ2) is 4.24. The van der Waals surface area contributed by atoms with Crippen molar-refractivity contribution < 1.29 is 4.74 Å². The van der Waals surface area contributed by atoms with E-state index in [4.69, 9.17) is 4.74 Å². The summed E-state index contributed by atoms with van der Waals surface area (Å²) < 4.78 is 7.68. The maximum absolute atomic E-state index is 12.0. The summed E-state index contributed by atoms with van der Waals surface area (Å²) in [5.41, 5.74) is -1.19. The summed E-state index contributed by atoms with van der Waals surface area (Å²) in [5.74, 6) is 0.180. The molecule has 0 saturated carbocycles. The van der Waals surface area contributed by atoms with Crippen molar-refractivity contribution >= 4 is 5.82 Å². The van der Waals surface area contributed by atoms with Gasteiger partial charge in [-0.3, -0.25) is 9.36 Å². The van der Waals surface area contributed by atoms with E-state index < -0.39 is 11.2 Å². The normalized spacial score (nSPS) is 27.4. The first kappa shape index (κ1) is 12.8. The summed E-state index contributed by atoms with van der Waals surface area (Å²) in [6, 6.07) is 0. The molecule has 7 nitrogen and oxygen atoms in total. The van der Waals surface area contributed by atoms with E-state index in [9.17, 15) is 9.59 Å². The van der Waals surface area contributed by atoms with Gasteiger partial charge in [-0.15, -0.1) is 5.10 Å². The Morgan fingerprint density at radius 1 is 1.44 bits per heavy atom. The molecule has 7 heteroatoms. The highest BCUT2D eigenvalue weighted by molar-refractivity contribution is 5.35. The maximum atomic E-state index is 12.0. The largest absolute Gasteiger partial charge is 0.376 e. The molecule has 0 amide bonds. The van der Waals surface area contributed by atoms with Crippen molar-refractivity contribution in [3.05, 3.63) is 20.8 Å². The van der Waals surface area contributed by atoms with Crippen LogP contribution in [0.5, 0.6) is 0 Å². The molecule has 2 rings (SSSR count). The Morgan fingerprint density at radius 2 is 2.11 bits per heavy atom. The van der Waals surface area contributed by atoms with E-state index in [-0.39, 0.29) is 17.5 Å². The molecule has 2 atom stereocenters. The van der Waals surface area contributed by atoms with E-state index in [0.717, 1.165) is 15.7 Å². The molecule has 0 bridgehead atoms. The monoisotopic (exact) mass is 254 g/mol. The third-order valence-corrected chi connectivity index (χ3v) is 3.61. The van der Waals surface area contributed by atoms with Gasteiger partial charge >= 0.3 is 5.69 Å². The predicted octanol–water partition coefficient (Wildman–Crippen LogP) is -0.542. The fraction of sp³-hybridized carbons (Fsp3) is 0.727. The van der Waals surface area contributed by atoms with Crippen LogP contribution >= 0.6 is 0 Å². The number of hydrogen-bond donors (Lipinski definition) is 1. The van der Waals surface area contributed by atoms with Crippen molar-refractivity contribution in [3.8, 4) is 0 Å². The maximum Gasteiger partial charge on any atom is 0.346 e. The zero-order valence-electron chi connectivity index (χ0n) is 11.1. The van der Waals surface area contributed by atoms with Crippen LogP contribution in [-0.4, -0.2) is 32.6 Å². The van der Waals surface area contributed by atoms with Gasteiger partial charge in [-0.2, -0.15) is 0 Å². The Labute approximate surface area is 104 Å². The molecule has 1 aromatic heterocycles. The Hall–Kier alpha value is -1.63. The van der Waals surface area contributed by atoms with Gasteiger partial charge in [0.05, 0.1) is 11.6 Å². The highest BCUT2D eigenvalue weighted by Crippen LogP contribution is 2.27. The van der Waals surface area contributed by atoms with Crippen LogP contribution in [0.15, 0.2) is 9.59 Å². The van der Waals surface area contributed by atoms with Gasteiger partial charge in [-0.05, 0) is 20.3 Å². The first-order valence-corrected chi connectivity index (χ1v) is 5.89. The van der Waals surface area contributed by atoms with Crippen LogP contribution in [0.25, 0.3) is 0 Å². The van der Waals surface area contributed by atoms with E-state index in [1.165, 1.54) is 14.1 Å². The van der Waals surface area contributed by atoms with Crippen LogP contribution < -0.4 is 16.6 Å². The molecule has 0 aromatic carbocycles. The molecule has 18 heavy (non-hydrogen) atoms. The zero-order chi connectivity index (χ0) is 13.5. The number of nitrogens with one attached hydrogen (secondary N) is 1. The minimum atomic E-state index is -0.438. The summed E-state index contributed by atoms with van der Waals surface area (Å²) >= 11 is 0. The number of aryl methyl sites for hydroxylation is 1. The van der Waals surface area contributed by atoms with Crippen LogP contribution in [-0.2, 0) is 18.8 Å². The van der Waals surface area contributed by atoms with Gasteiger partial charge in [0.1, 0.15) is 0 Å². The molecule has 1 aliphatic rings. The highest BCUT2D eigenvalue weighted by Gasteiger charge is 2.38. The summed E-state index contributed by atoms with van der Waals surface area (Å²) in [4.78, 5) is 23.5. The fourth-order valence-corrected chi connectivity index (χ4v) is 2.05. The standard InChI is InChI=1S/C11H18N4O3/c1-7-11(2,5-6-18-7)12-8-9(16)14(3)10(17)15(4)13-8/h7H,5-6H2,1-4H3,(H,12,13). The number of ether oxygens (including phenoxy) is 1. The van der Waals surface area contributed by atoms with E-state index in [1.54, 1.807) is 0 Å². The summed E-state index contributed by atoms with van der Waals surface area (Å²) in [7, 11) is 2.96. The number of aromatic nitrogens is 3. The van der Waals surface area contributed by atoms with Gasteiger partial charge < -0.3 is 10.1 Å². The van der Waals surface area contributed by atoms with Gasteiger partial charge in [0.25, 0.3) is 5.56 Å². The molecular formula is C11H18N4O3. The summed E-state index contributed by atoms with van der Waals surface area (Å²) in [5, 5.41) is 7.10. The van der Waals surface area contributed by atoms with Crippen molar-refractivity contribution in [2.75, 3.05) is 11.9 Å². The SMILES string of the molecule is CC1OCCC1(C)Nc1nn(C)c(=O)n(C)c1=O. The lowest BCUT2D eigenvalue weighted by Crippen LogP contribution is -2.47. The molecule has 1 N–H and O–H groups in total. The average Bonchev–Trinajstić information content (AvgIpc) is 2.64. The van der Waals surface area contributed by atoms with Gasteiger partial charge in [0, 0.05) is 20.7 Å². The smallest absolute Gasteiger partial charge is 0.346 e. The second-order valence-corrected chi connectivity index (χ2v) is 4.92. The van der Waals surface area contributed by atoms with Crippen molar-refractivity contribution in [1.29, 1.82) is 0 Å². The molecule has 0 spiro atoms. The molecule has 2 heterocycles. The van der Waals surface area contributed by atoms with Crippen molar-refractivity contribution in [2.45, 2.75) is 31.9 Å². The lowest BCUT2D eigenvalue weighted by molar-refractivity contribution is 0.105. The minimum absolute atomic E-state index is 0.0127. The number of hydrogen-bond acceptors (Lipinski definition) is 5. The molecule has 1 saturated heterocycles. The molecule has 2 unspecified atom stereocenters. The quantitative estimate of drug-likeness (QED) is 0.766. The average molecular weight is 254 g/mol. The minimum Gasteiger partial charge on any atom is -0.376 e. The number of rotatable bonds is 2. The van der Waals surface area contributed by atoms with Crippen LogP contribution in [0, 0.1) is 0 Å². The first-order valence-electron chi connectivity index (χ1n) is 5.89. The van der Waals surface area contributed by atoms with Crippen molar-refractivity contribution in [1.82, 2.24) is 14.3 Å². The van der Waals surface area contributed by atoms with Gasteiger partial charge in [-0.25, -0.2) is 9.48 Å². The zero-order valence-corrected chi connectivity index (χ0v) is 11.1. The van der Waals surface area contributed by atoms with E-state index >= 15 is 0 Å². The Kier molecular flexibility index (Phi) is 3.02. The van der Waals surface area contributed by atoms with E-state index in [1.807, 2.05) is 13.8 Å². The Morgan fingerprint density at radius 3 is 2.67 bits per heavy atom. The van der Waals surface area contributed by atoms with Crippen LogP contribution in [0.2, 0.25) is 0 Å². The van der Waals surface area contributed by atoms with Gasteiger partial charge in [0.2, 0.25) is 5.82 Å². The summed E-state index contributed by atoms with van der Waals surface area (Å²) in [6.45, 7) is 4.58. The van der Waals surface area contributed by atoms with Gasteiger partial charge in [0.15, 0.2) is 0 Å². The molecule has 0 aliphatic carbocycles. The lowest BCUT2D eigenvalue weighted by Gasteiger charge is -2.29. The fourth-order valence-electron chi connectivity index (χ4n) is 2.05. The summed E-state index contributed by atoms with van der Waals surface area (Å²) in [6.07, 6.45) is 0.781. The van der Waals surface area contributed by atoms with E-state index in [0.29, 0.717) is 6.61 Å². The number of anilines is 1. The van der Waals surface area contributed by atoms with Crippen LogP contribution in [0.4, 0.5) is 5.82 Å². The number of nitrogens with zero attached hydrogens (tertiary/aromatic N) is 3. The predicted molar refractivity (Wildman–Crippen MR) is 66.8 cm³/mol. The molecule has 1 aliphatic heterocycles. The van der Waals surface area contributed by atoms with Crippen molar-refractivity contribution in [2.24, 2.45) is 14.1 Å². The molecule has 100 valence electrons. The molecule has 0 radical (unpaired) electrons. The Bertz CT molecular complexity index is 577. The Balaban J connectivity index is 2.42. The van der Waals surface area contributed by atoms with Crippen LogP contribution in [0.1, 0.15) is 20.3 Å². The van der Waals surface area contributed by atoms with E-state index in [2.05, 4.69) is 10.4 Å². The first-order chi connectivity index (χ1) is 8.35. The van der Waals surface area contributed by atoms with Crippen molar-refractivity contribution in [3.63, 3.8) is 0 Å². The van der Waals surface area contributed by atoms with Gasteiger partial charge in [-0.1, -0.05) is 0 Å². The highest BCUT2D eigenvalue weighted by atomic mass is 16.5. The second-order valence-electron chi connectivity index (χ2n) is 4.92. The topological polar surface area (TPSA) is 78.2 Å². The molecular weight excluding hydrogens is 236 g/mol. The third-order valence-electron chi connectivity index (χ3n) is 3.61. The third kappa shape index (κ3) is 1.94. The van der Waals surface area contributed by atoms with Crippen LogP contribution in [0.3, 0.4) is 0 Å². The molecule has 1 fully saturated rings. The molecule has 1 aromatic rings.